The van der Waals surface area contributed by atoms with Gasteiger partial charge >= 0.3 is 5.97 Å². The van der Waals surface area contributed by atoms with Gasteiger partial charge in [0, 0.05) is 15.2 Å². The van der Waals surface area contributed by atoms with Gasteiger partial charge in [-0.15, -0.1) is 0 Å². The first-order valence-electron chi connectivity index (χ1n) is 5.99. The molecule has 21 heavy (non-hydrogen) atoms. The zero-order valence-corrected chi connectivity index (χ0v) is 13.3. The number of hydrogen-bond acceptors (Lipinski definition) is 2. The zero-order chi connectivity index (χ0) is 15.6. The number of rotatable bonds is 3. The second-order valence-electron chi connectivity index (χ2n) is 4.36. The number of amides is 1. The molecule has 0 aliphatic heterocycles. The fourth-order valence-electron chi connectivity index (χ4n) is 1.87. The topological polar surface area (TPSA) is 66.4 Å². The van der Waals surface area contributed by atoms with E-state index in [0.29, 0.717) is 26.3 Å². The molecule has 0 heterocycles. The van der Waals surface area contributed by atoms with Gasteiger partial charge in [0.05, 0.1) is 11.1 Å². The van der Waals surface area contributed by atoms with Crippen LogP contribution in [0.3, 0.4) is 0 Å². The average molecular weight is 369 g/mol. The standard InChI is InChI=1S/C15H11BrClNO3/c1-8-10(15(20)21)3-2-4-13(8)18-14(19)11-6-5-9(17)7-12(11)16/h2-7H,1H3,(H,18,19)(H,20,21). The number of carboxylic acid groups (broad SMARTS) is 1. The second kappa shape index (κ2) is 6.28. The Bertz CT molecular complexity index is 731. The Morgan fingerprint density at radius 3 is 2.52 bits per heavy atom. The van der Waals surface area contributed by atoms with Crippen molar-refractivity contribution in [2.24, 2.45) is 0 Å². The number of carboxylic acids is 1. The maximum absolute atomic E-state index is 12.2. The SMILES string of the molecule is Cc1c(NC(=O)c2ccc(Cl)cc2Br)cccc1C(=O)O. The molecule has 2 aromatic carbocycles. The van der Waals surface area contributed by atoms with E-state index in [1.165, 1.54) is 6.07 Å². The number of anilines is 1. The summed E-state index contributed by atoms with van der Waals surface area (Å²) in [6.07, 6.45) is 0. The number of halogens is 2. The van der Waals surface area contributed by atoms with Gasteiger partial charge in [0.2, 0.25) is 0 Å². The van der Waals surface area contributed by atoms with Crippen molar-refractivity contribution in [2.75, 3.05) is 5.32 Å². The van der Waals surface area contributed by atoms with Crippen molar-refractivity contribution >= 4 is 45.1 Å². The van der Waals surface area contributed by atoms with Gasteiger partial charge in [-0.25, -0.2) is 4.79 Å². The van der Waals surface area contributed by atoms with Crippen LogP contribution in [0.4, 0.5) is 5.69 Å². The number of benzene rings is 2. The first kappa shape index (κ1) is 15.5. The van der Waals surface area contributed by atoms with E-state index < -0.39 is 5.97 Å². The van der Waals surface area contributed by atoms with Crippen LogP contribution in [0, 0.1) is 6.92 Å². The third-order valence-corrected chi connectivity index (χ3v) is 3.88. The Morgan fingerprint density at radius 1 is 1.19 bits per heavy atom. The van der Waals surface area contributed by atoms with E-state index in [1.54, 1.807) is 37.3 Å². The van der Waals surface area contributed by atoms with Crippen LogP contribution in [0.15, 0.2) is 40.9 Å². The Hall–Kier alpha value is -1.85. The van der Waals surface area contributed by atoms with E-state index in [9.17, 15) is 9.59 Å². The molecule has 0 atom stereocenters. The highest BCUT2D eigenvalue weighted by atomic mass is 79.9. The van der Waals surface area contributed by atoms with Crippen molar-refractivity contribution in [3.8, 4) is 0 Å². The Morgan fingerprint density at radius 2 is 1.90 bits per heavy atom. The van der Waals surface area contributed by atoms with Gasteiger partial charge in [-0.1, -0.05) is 17.7 Å². The van der Waals surface area contributed by atoms with E-state index >= 15 is 0 Å². The molecule has 1 amide bonds. The van der Waals surface area contributed by atoms with Crippen LogP contribution in [0.1, 0.15) is 26.3 Å². The van der Waals surface area contributed by atoms with Crippen molar-refractivity contribution in [1.82, 2.24) is 0 Å². The van der Waals surface area contributed by atoms with Crippen molar-refractivity contribution in [2.45, 2.75) is 6.92 Å². The highest BCUT2D eigenvalue weighted by Crippen LogP contribution is 2.24. The first-order chi connectivity index (χ1) is 9.90. The summed E-state index contributed by atoms with van der Waals surface area (Å²) in [6.45, 7) is 1.65. The molecule has 0 spiro atoms. The van der Waals surface area contributed by atoms with Crippen LogP contribution >= 0.6 is 27.5 Å². The molecule has 0 unspecified atom stereocenters. The Labute approximate surface area is 134 Å². The minimum absolute atomic E-state index is 0.156. The quantitative estimate of drug-likeness (QED) is 0.846. The smallest absolute Gasteiger partial charge is 0.336 e. The summed E-state index contributed by atoms with van der Waals surface area (Å²) in [4.78, 5) is 23.3. The van der Waals surface area contributed by atoms with Gasteiger partial charge in [0.1, 0.15) is 0 Å². The molecular weight excluding hydrogens is 358 g/mol. The third-order valence-electron chi connectivity index (χ3n) is 2.99. The maximum Gasteiger partial charge on any atom is 0.336 e. The van der Waals surface area contributed by atoms with Crippen LogP contribution in [0.25, 0.3) is 0 Å². The number of carbonyl (C=O) groups excluding carboxylic acids is 1. The molecule has 6 heteroatoms. The Balaban J connectivity index is 2.32. The Kier molecular flexibility index (Phi) is 4.65. The predicted octanol–water partition coefficient (Wildman–Crippen LogP) is 4.36. The first-order valence-corrected chi connectivity index (χ1v) is 7.16. The lowest BCUT2D eigenvalue weighted by atomic mass is 10.1. The molecule has 2 rings (SSSR count). The van der Waals surface area contributed by atoms with Gasteiger partial charge in [-0.2, -0.15) is 0 Å². The molecule has 2 aromatic rings. The maximum atomic E-state index is 12.2. The van der Waals surface area contributed by atoms with Crippen molar-refractivity contribution in [1.29, 1.82) is 0 Å². The summed E-state index contributed by atoms with van der Waals surface area (Å²) in [6, 6.07) is 9.56. The highest BCUT2D eigenvalue weighted by Gasteiger charge is 2.14. The summed E-state index contributed by atoms with van der Waals surface area (Å²) in [5.41, 5.74) is 1.53. The minimum atomic E-state index is -1.03. The molecule has 0 saturated carbocycles. The molecule has 0 bridgehead atoms. The second-order valence-corrected chi connectivity index (χ2v) is 5.65. The van der Waals surface area contributed by atoms with Crippen molar-refractivity contribution in [3.63, 3.8) is 0 Å². The van der Waals surface area contributed by atoms with E-state index in [2.05, 4.69) is 21.2 Å². The van der Waals surface area contributed by atoms with E-state index in [0.717, 1.165) is 0 Å². The molecule has 0 aromatic heterocycles. The summed E-state index contributed by atoms with van der Waals surface area (Å²) < 4.78 is 0.569. The predicted molar refractivity (Wildman–Crippen MR) is 85.2 cm³/mol. The average Bonchev–Trinajstić information content (AvgIpc) is 2.40. The van der Waals surface area contributed by atoms with E-state index in [-0.39, 0.29) is 11.5 Å². The summed E-state index contributed by atoms with van der Waals surface area (Å²) in [7, 11) is 0. The molecule has 2 N–H and O–H groups in total. The fourth-order valence-corrected chi connectivity index (χ4v) is 2.73. The third kappa shape index (κ3) is 3.43. The van der Waals surface area contributed by atoms with Gasteiger partial charge in [-0.05, 0) is 58.7 Å². The van der Waals surface area contributed by atoms with E-state index in [4.69, 9.17) is 16.7 Å². The van der Waals surface area contributed by atoms with Gasteiger partial charge in [0.15, 0.2) is 0 Å². The van der Waals surface area contributed by atoms with Gasteiger partial charge in [0.25, 0.3) is 5.91 Å². The molecular formula is C15H11BrClNO3. The minimum Gasteiger partial charge on any atom is -0.478 e. The van der Waals surface area contributed by atoms with Crippen LogP contribution < -0.4 is 5.32 Å². The van der Waals surface area contributed by atoms with Crippen molar-refractivity contribution < 1.29 is 14.7 Å². The fraction of sp³-hybridized carbons (Fsp3) is 0.0667. The van der Waals surface area contributed by atoms with E-state index in [1.807, 2.05) is 0 Å². The molecule has 4 nitrogen and oxygen atoms in total. The van der Waals surface area contributed by atoms with Crippen LogP contribution in [0.2, 0.25) is 5.02 Å². The lowest BCUT2D eigenvalue weighted by Gasteiger charge is -2.11. The number of aromatic carboxylic acids is 1. The normalized spacial score (nSPS) is 10.2. The monoisotopic (exact) mass is 367 g/mol. The largest absolute Gasteiger partial charge is 0.478 e. The number of nitrogens with one attached hydrogen (secondary N) is 1. The summed E-state index contributed by atoms with van der Waals surface area (Å²) >= 11 is 9.11. The molecule has 108 valence electrons. The lowest BCUT2D eigenvalue weighted by Crippen LogP contribution is -2.14. The van der Waals surface area contributed by atoms with Crippen LogP contribution in [0.5, 0.6) is 0 Å². The number of carbonyl (C=O) groups is 2. The highest BCUT2D eigenvalue weighted by molar-refractivity contribution is 9.10. The van der Waals surface area contributed by atoms with Gasteiger partial charge < -0.3 is 10.4 Å². The molecule has 0 aliphatic carbocycles. The summed E-state index contributed by atoms with van der Waals surface area (Å²) in [5.74, 6) is -1.37. The molecule has 0 radical (unpaired) electrons. The van der Waals surface area contributed by atoms with Gasteiger partial charge in [-0.3, -0.25) is 4.79 Å². The van der Waals surface area contributed by atoms with Crippen molar-refractivity contribution in [3.05, 3.63) is 62.6 Å². The van der Waals surface area contributed by atoms with Crippen LogP contribution in [-0.2, 0) is 0 Å². The van der Waals surface area contributed by atoms with Crippen LogP contribution in [-0.4, -0.2) is 17.0 Å². The lowest BCUT2D eigenvalue weighted by molar-refractivity contribution is 0.0695. The molecule has 0 fully saturated rings. The zero-order valence-electron chi connectivity index (χ0n) is 11.0. The summed E-state index contributed by atoms with van der Waals surface area (Å²) in [5, 5.41) is 12.3. The molecule has 0 saturated heterocycles. The molecule has 0 aliphatic rings. The number of hydrogen-bond donors (Lipinski definition) is 2.